The van der Waals surface area contributed by atoms with E-state index in [4.69, 9.17) is 4.42 Å². The van der Waals surface area contributed by atoms with Crippen LogP contribution in [-0.2, 0) is 11.3 Å². The fourth-order valence-electron chi connectivity index (χ4n) is 3.29. The molecule has 1 aliphatic rings. The van der Waals surface area contributed by atoms with Gasteiger partial charge >= 0.3 is 0 Å². The largest absolute Gasteiger partial charge is 0.440 e. The first-order valence-corrected chi connectivity index (χ1v) is 8.57. The van der Waals surface area contributed by atoms with Gasteiger partial charge in [0.05, 0.1) is 12.5 Å². The van der Waals surface area contributed by atoms with Crippen LogP contribution in [0.3, 0.4) is 0 Å². The Morgan fingerprint density at radius 3 is 3.04 bits per heavy atom. The maximum Gasteiger partial charge on any atom is 0.224 e. The van der Waals surface area contributed by atoms with Crippen LogP contribution in [0.4, 0.5) is 0 Å². The van der Waals surface area contributed by atoms with Crippen LogP contribution in [0, 0.1) is 6.92 Å². The molecule has 2 aromatic heterocycles. The highest BCUT2D eigenvalue weighted by Crippen LogP contribution is 2.29. The molecule has 0 aliphatic carbocycles. The van der Waals surface area contributed by atoms with Crippen LogP contribution in [0.5, 0.6) is 0 Å². The molecule has 0 N–H and O–H groups in total. The van der Waals surface area contributed by atoms with E-state index in [2.05, 4.69) is 20.5 Å². The van der Waals surface area contributed by atoms with Gasteiger partial charge in [-0.1, -0.05) is 12.1 Å². The highest BCUT2D eigenvalue weighted by molar-refractivity contribution is 5.76. The van der Waals surface area contributed by atoms with Crippen LogP contribution in [0.2, 0.25) is 0 Å². The topological polar surface area (TPSA) is 89.9 Å². The van der Waals surface area contributed by atoms with E-state index >= 15 is 0 Å². The summed E-state index contributed by atoms with van der Waals surface area (Å²) in [6.07, 6.45) is 2.34. The summed E-state index contributed by atoms with van der Waals surface area (Å²) < 4.78 is 7.54. The lowest BCUT2D eigenvalue weighted by Gasteiger charge is -2.31. The normalized spacial score (nSPS) is 18.0. The Morgan fingerprint density at radius 2 is 2.24 bits per heavy atom. The standard InChI is InChI=1S/C17H20N6O2/c1-12-19-20-21-23(12)10-8-16(24)22-9-4-5-13(11-22)17-18-14-6-2-3-7-15(14)25-17/h2-3,6-7,13H,4-5,8-11H2,1H3/t13-/m1/s1. The van der Waals surface area contributed by atoms with E-state index < -0.39 is 0 Å². The second-order valence-corrected chi connectivity index (χ2v) is 6.40. The molecule has 3 aromatic rings. The van der Waals surface area contributed by atoms with E-state index in [0.717, 1.165) is 42.2 Å². The Balaban J connectivity index is 1.41. The van der Waals surface area contributed by atoms with Gasteiger partial charge in [-0.15, -0.1) is 5.10 Å². The molecule has 0 unspecified atom stereocenters. The van der Waals surface area contributed by atoms with Gasteiger partial charge in [0.25, 0.3) is 0 Å². The van der Waals surface area contributed by atoms with Crippen molar-refractivity contribution in [2.45, 2.75) is 38.6 Å². The molecular formula is C17H20N6O2. The molecule has 1 atom stereocenters. The molecule has 0 radical (unpaired) electrons. The molecule has 0 bridgehead atoms. The first-order chi connectivity index (χ1) is 12.2. The molecule has 1 aliphatic heterocycles. The van der Waals surface area contributed by atoms with Crippen LogP contribution in [0.25, 0.3) is 11.1 Å². The summed E-state index contributed by atoms with van der Waals surface area (Å²) in [5.74, 6) is 1.72. The third-order valence-electron chi connectivity index (χ3n) is 4.68. The van der Waals surface area contributed by atoms with Crippen molar-refractivity contribution in [2.75, 3.05) is 13.1 Å². The van der Waals surface area contributed by atoms with Crippen molar-refractivity contribution in [1.82, 2.24) is 30.1 Å². The molecular weight excluding hydrogens is 320 g/mol. The van der Waals surface area contributed by atoms with Crippen LogP contribution in [0.1, 0.15) is 36.9 Å². The summed E-state index contributed by atoms with van der Waals surface area (Å²) in [6.45, 7) is 3.76. The number of aryl methyl sites for hydroxylation is 2. The van der Waals surface area contributed by atoms with Gasteiger partial charge in [-0.05, 0) is 42.3 Å². The number of oxazole rings is 1. The fraction of sp³-hybridized carbons (Fsp3) is 0.471. The second-order valence-electron chi connectivity index (χ2n) is 6.40. The molecule has 3 heterocycles. The summed E-state index contributed by atoms with van der Waals surface area (Å²) in [5, 5.41) is 11.3. The molecule has 8 heteroatoms. The smallest absolute Gasteiger partial charge is 0.224 e. The summed E-state index contributed by atoms with van der Waals surface area (Å²) in [4.78, 5) is 19.0. The third-order valence-corrected chi connectivity index (χ3v) is 4.68. The average Bonchev–Trinajstić information content (AvgIpc) is 3.25. The Kier molecular flexibility index (Phi) is 4.17. The first kappa shape index (κ1) is 15.7. The van der Waals surface area contributed by atoms with Gasteiger partial charge in [0.2, 0.25) is 5.91 Å². The van der Waals surface area contributed by atoms with Crippen LogP contribution in [-0.4, -0.2) is 49.1 Å². The zero-order valence-electron chi connectivity index (χ0n) is 14.1. The number of benzene rings is 1. The van der Waals surface area contributed by atoms with E-state index in [1.165, 1.54) is 0 Å². The number of aromatic nitrogens is 5. The number of hydrogen-bond donors (Lipinski definition) is 0. The van der Waals surface area contributed by atoms with Crippen LogP contribution >= 0.6 is 0 Å². The number of amides is 1. The minimum absolute atomic E-state index is 0.121. The predicted molar refractivity (Wildman–Crippen MR) is 89.7 cm³/mol. The Bertz CT molecular complexity index is 853. The molecule has 4 rings (SSSR count). The first-order valence-electron chi connectivity index (χ1n) is 8.57. The Morgan fingerprint density at radius 1 is 1.36 bits per heavy atom. The number of carbonyl (C=O) groups is 1. The highest BCUT2D eigenvalue weighted by Gasteiger charge is 2.28. The lowest BCUT2D eigenvalue weighted by molar-refractivity contribution is -0.132. The minimum atomic E-state index is 0.121. The summed E-state index contributed by atoms with van der Waals surface area (Å²) in [7, 11) is 0. The van der Waals surface area contributed by atoms with Crippen LogP contribution < -0.4 is 0 Å². The van der Waals surface area contributed by atoms with E-state index in [9.17, 15) is 4.79 Å². The van der Waals surface area contributed by atoms with Gasteiger partial charge < -0.3 is 9.32 Å². The quantitative estimate of drug-likeness (QED) is 0.721. The van der Waals surface area contributed by atoms with Gasteiger partial charge in [-0.3, -0.25) is 4.79 Å². The SMILES string of the molecule is Cc1nnnn1CCC(=O)N1CCC[C@@H](c2nc3ccccc3o2)C1. The molecule has 1 saturated heterocycles. The highest BCUT2D eigenvalue weighted by atomic mass is 16.3. The third kappa shape index (κ3) is 3.24. The molecule has 1 amide bonds. The summed E-state index contributed by atoms with van der Waals surface area (Å²) in [6, 6.07) is 7.76. The Hall–Kier alpha value is -2.77. The van der Waals surface area contributed by atoms with E-state index in [1.54, 1.807) is 4.68 Å². The molecule has 1 aromatic carbocycles. The van der Waals surface area contributed by atoms with Gasteiger partial charge in [0.1, 0.15) is 11.3 Å². The van der Waals surface area contributed by atoms with Crippen molar-refractivity contribution in [3.63, 3.8) is 0 Å². The maximum atomic E-state index is 12.5. The number of para-hydroxylation sites is 2. The molecule has 0 saturated carbocycles. The second kappa shape index (κ2) is 6.62. The monoisotopic (exact) mass is 340 g/mol. The van der Waals surface area contributed by atoms with Crippen LogP contribution in [0.15, 0.2) is 28.7 Å². The summed E-state index contributed by atoms with van der Waals surface area (Å²) in [5.41, 5.74) is 1.67. The Labute approximate surface area is 144 Å². The number of hydrogen-bond acceptors (Lipinski definition) is 6. The van der Waals surface area contributed by atoms with E-state index in [-0.39, 0.29) is 11.8 Å². The van der Waals surface area contributed by atoms with Crippen molar-refractivity contribution in [3.05, 3.63) is 36.0 Å². The lowest BCUT2D eigenvalue weighted by Crippen LogP contribution is -2.39. The van der Waals surface area contributed by atoms with Crippen molar-refractivity contribution in [2.24, 2.45) is 0 Å². The van der Waals surface area contributed by atoms with Gasteiger partial charge in [-0.2, -0.15) is 0 Å². The van der Waals surface area contributed by atoms with Crippen molar-refractivity contribution >= 4 is 17.0 Å². The average molecular weight is 340 g/mol. The van der Waals surface area contributed by atoms with Crippen molar-refractivity contribution < 1.29 is 9.21 Å². The molecule has 1 fully saturated rings. The predicted octanol–water partition coefficient (Wildman–Crippen LogP) is 1.92. The van der Waals surface area contributed by atoms with Crippen molar-refractivity contribution in [3.8, 4) is 0 Å². The zero-order chi connectivity index (χ0) is 17.2. The molecule has 130 valence electrons. The van der Waals surface area contributed by atoms with E-state index in [0.29, 0.717) is 19.5 Å². The number of carbonyl (C=O) groups excluding carboxylic acids is 1. The van der Waals surface area contributed by atoms with Gasteiger partial charge in [-0.25, -0.2) is 9.67 Å². The molecule has 8 nitrogen and oxygen atoms in total. The van der Waals surface area contributed by atoms with Crippen molar-refractivity contribution in [1.29, 1.82) is 0 Å². The molecule has 0 spiro atoms. The lowest BCUT2D eigenvalue weighted by atomic mass is 9.97. The minimum Gasteiger partial charge on any atom is -0.440 e. The zero-order valence-corrected chi connectivity index (χ0v) is 14.1. The number of nitrogens with zero attached hydrogens (tertiary/aromatic N) is 6. The maximum absolute atomic E-state index is 12.5. The number of likely N-dealkylation sites (tertiary alicyclic amines) is 1. The van der Waals surface area contributed by atoms with E-state index in [1.807, 2.05) is 36.1 Å². The fourth-order valence-corrected chi connectivity index (χ4v) is 3.29. The molecule has 25 heavy (non-hydrogen) atoms. The van der Waals surface area contributed by atoms with Gasteiger partial charge in [0, 0.05) is 19.5 Å². The number of rotatable bonds is 4. The summed E-state index contributed by atoms with van der Waals surface area (Å²) >= 11 is 0. The van der Waals surface area contributed by atoms with Gasteiger partial charge in [0.15, 0.2) is 11.5 Å². The number of tetrazole rings is 1. The number of fused-ring (bicyclic) bond motifs is 1. The number of piperidine rings is 1.